The van der Waals surface area contributed by atoms with E-state index in [0.29, 0.717) is 36.2 Å². The molecule has 0 radical (unpaired) electrons. The number of halogens is 2. The third-order valence-electron chi connectivity index (χ3n) is 2.44. The summed E-state index contributed by atoms with van der Waals surface area (Å²) in [5.74, 6) is 0.382. The second-order valence-electron chi connectivity index (χ2n) is 3.71. The van der Waals surface area contributed by atoms with Crippen LogP contribution in [-0.4, -0.2) is 36.6 Å². The summed E-state index contributed by atoms with van der Waals surface area (Å²) in [7, 11) is 0. The van der Waals surface area contributed by atoms with Gasteiger partial charge in [-0.05, 0) is 17.7 Å². The van der Waals surface area contributed by atoms with E-state index < -0.39 is 6.50 Å². The summed E-state index contributed by atoms with van der Waals surface area (Å²) < 4.78 is 21.9. The third kappa shape index (κ3) is 3.36. The lowest BCUT2D eigenvalue weighted by atomic mass is 10.2. The van der Waals surface area contributed by atoms with Gasteiger partial charge in [-0.15, -0.1) is 11.6 Å². The van der Waals surface area contributed by atoms with Gasteiger partial charge in [0.05, 0.1) is 12.7 Å². The Hall–Kier alpha value is -0.280. The Bertz CT molecular complexity index is 400. The molecule has 1 atom stereocenters. The maximum Gasteiger partial charge on any atom is 0.0837 e. The van der Waals surface area contributed by atoms with Crippen molar-refractivity contribution in [2.75, 3.05) is 25.6 Å². The predicted molar refractivity (Wildman–Crippen MR) is 67.2 cm³/mol. The average Bonchev–Trinajstić information content (AvgIpc) is 2.39. The van der Waals surface area contributed by atoms with Crippen LogP contribution in [0, 0.1) is 0 Å². The lowest BCUT2D eigenvalue weighted by Crippen LogP contribution is -2.42. The van der Waals surface area contributed by atoms with Crippen molar-refractivity contribution in [3.63, 3.8) is 0 Å². The van der Waals surface area contributed by atoms with Crippen LogP contribution in [0.15, 0.2) is 24.3 Å². The number of hydrogen-bond acceptors (Lipinski definition) is 2. The van der Waals surface area contributed by atoms with Crippen LogP contribution in [-0.2, 0) is 11.2 Å². The van der Waals surface area contributed by atoms with E-state index in [9.17, 15) is 0 Å². The van der Waals surface area contributed by atoms with Crippen molar-refractivity contribution in [1.82, 2.24) is 4.90 Å². The number of alkyl halides is 1. The van der Waals surface area contributed by atoms with Gasteiger partial charge in [0.25, 0.3) is 0 Å². The van der Waals surface area contributed by atoms with Crippen LogP contribution in [0.1, 0.15) is 8.30 Å². The first-order valence-electron chi connectivity index (χ1n) is 6.22. The average molecular weight is 262 g/mol. The van der Waals surface area contributed by atoms with Crippen molar-refractivity contribution in [2.24, 2.45) is 0 Å². The highest BCUT2D eigenvalue weighted by molar-refractivity contribution is 6.30. The van der Waals surface area contributed by atoms with Crippen LogP contribution in [0.4, 0.5) is 0 Å². The van der Waals surface area contributed by atoms with E-state index in [0.717, 1.165) is 0 Å². The summed E-state index contributed by atoms with van der Waals surface area (Å²) in [6, 6.07) is 6.84. The first-order valence-corrected chi connectivity index (χ1v) is 6.14. The molecule has 1 aromatic rings. The molecule has 1 aliphatic heterocycles. The van der Waals surface area contributed by atoms with Crippen LogP contribution in [0.2, 0.25) is 5.02 Å². The van der Waals surface area contributed by atoms with Gasteiger partial charge >= 0.3 is 0 Å². The van der Waals surface area contributed by atoms with Gasteiger partial charge in [-0.3, -0.25) is 4.90 Å². The summed E-state index contributed by atoms with van der Waals surface area (Å²) in [6.45, 7) is 0.0330. The summed E-state index contributed by atoms with van der Waals surface area (Å²) in [5.41, 5.74) is 0.599. The van der Waals surface area contributed by atoms with E-state index >= 15 is 0 Å². The SMILES string of the molecule is [2H]C([2H])(c1ccc(Cl)cc1)N1CCOC(CCl)C1. The molecule has 1 aromatic carbocycles. The maximum atomic E-state index is 8.25. The summed E-state index contributed by atoms with van der Waals surface area (Å²) in [4.78, 5) is 1.76. The Balaban J connectivity index is 2.16. The highest BCUT2D eigenvalue weighted by Gasteiger charge is 2.19. The zero-order valence-corrected chi connectivity index (χ0v) is 10.3. The molecule has 1 aliphatic rings. The second-order valence-corrected chi connectivity index (χ2v) is 4.46. The molecule has 88 valence electrons. The maximum absolute atomic E-state index is 8.25. The summed E-state index contributed by atoms with van der Waals surface area (Å²) >= 11 is 11.6. The number of ether oxygens (including phenoxy) is 1. The highest BCUT2D eigenvalue weighted by Crippen LogP contribution is 2.14. The normalized spacial score (nSPS) is 25.0. The minimum absolute atomic E-state index is 0.109. The Morgan fingerprint density at radius 1 is 1.44 bits per heavy atom. The molecule has 0 bridgehead atoms. The van der Waals surface area contributed by atoms with Crippen molar-refractivity contribution in [3.05, 3.63) is 34.9 Å². The van der Waals surface area contributed by atoms with E-state index in [1.807, 2.05) is 0 Å². The van der Waals surface area contributed by atoms with E-state index in [-0.39, 0.29) is 6.10 Å². The van der Waals surface area contributed by atoms with Gasteiger partial charge in [0.15, 0.2) is 0 Å². The second kappa shape index (κ2) is 5.87. The third-order valence-corrected chi connectivity index (χ3v) is 3.04. The molecule has 1 heterocycles. The molecule has 0 N–H and O–H groups in total. The quantitative estimate of drug-likeness (QED) is 0.777. The van der Waals surface area contributed by atoms with Crippen LogP contribution >= 0.6 is 23.2 Å². The minimum Gasteiger partial charge on any atom is -0.374 e. The highest BCUT2D eigenvalue weighted by atomic mass is 35.5. The van der Waals surface area contributed by atoms with E-state index in [2.05, 4.69) is 0 Å². The largest absolute Gasteiger partial charge is 0.374 e. The first-order chi connectivity index (χ1) is 8.54. The monoisotopic (exact) mass is 261 g/mol. The molecule has 0 aromatic heterocycles. The van der Waals surface area contributed by atoms with E-state index in [1.54, 1.807) is 29.2 Å². The Morgan fingerprint density at radius 3 is 2.88 bits per heavy atom. The number of nitrogens with zero attached hydrogens (tertiary/aromatic N) is 1. The molecule has 1 fully saturated rings. The van der Waals surface area contributed by atoms with Gasteiger partial charge in [0.2, 0.25) is 0 Å². The Kier molecular flexibility index (Phi) is 3.57. The topological polar surface area (TPSA) is 12.5 Å². The fourth-order valence-corrected chi connectivity index (χ4v) is 1.93. The standard InChI is InChI=1S/C12H15Cl2NO/c13-7-12-9-15(5-6-16-12)8-10-1-3-11(14)4-2-10/h1-4,12H,5-9H2/i8D2. The molecule has 0 aliphatic carbocycles. The predicted octanol–water partition coefficient (Wildman–Crippen LogP) is 2.78. The van der Waals surface area contributed by atoms with Crippen LogP contribution in [0.5, 0.6) is 0 Å². The van der Waals surface area contributed by atoms with Gasteiger partial charge < -0.3 is 4.74 Å². The minimum atomic E-state index is -1.53. The van der Waals surface area contributed by atoms with Gasteiger partial charge in [-0.1, -0.05) is 23.7 Å². The van der Waals surface area contributed by atoms with Crippen molar-refractivity contribution >= 4 is 23.2 Å². The van der Waals surface area contributed by atoms with E-state index in [1.165, 1.54) is 0 Å². The smallest absolute Gasteiger partial charge is 0.0837 e. The van der Waals surface area contributed by atoms with Gasteiger partial charge in [-0.2, -0.15) is 0 Å². The van der Waals surface area contributed by atoms with Gasteiger partial charge in [0, 0.05) is 33.2 Å². The van der Waals surface area contributed by atoms with Gasteiger partial charge in [-0.25, -0.2) is 0 Å². The van der Waals surface area contributed by atoms with Gasteiger partial charge in [0.1, 0.15) is 0 Å². The number of morpholine rings is 1. The Labute approximate surface area is 109 Å². The van der Waals surface area contributed by atoms with E-state index in [4.69, 9.17) is 30.7 Å². The molecule has 1 saturated heterocycles. The lowest BCUT2D eigenvalue weighted by molar-refractivity contribution is -0.0194. The lowest BCUT2D eigenvalue weighted by Gasteiger charge is -2.31. The molecule has 16 heavy (non-hydrogen) atoms. The van der Waals surface area contributed by atoms with Crippen molar-refractivity contribution in [1.29, 1.82) is 0 Å². The summed E-state index contributed by atoms with van der Waals surface area (Å²) in [5, 5.41) is 0.607. The molecule has 0 spiro atoms. The van der Waals surface area contributed by atoms with Crippen molar-refractivity contribution in [2.45, 2.75) is 12.6 Å². The van der Waals surface area contributed by atoms with Crippen molar-refractivity contribution in [3.8, 4) is 0 Å². The fourth-order valence-electron chi connectivity index (χ4n) is 1.62. The number of hydrogen-bond donors (Lipinski definition) is 0. The molecule has 0 saturated carbocycles. The zero-order chi connectivity index (χ0) is 13.2. The first kappa shape index (κ1) is 9.72. The van der Waals surface area contributed by atoms with Crippen LogP contribution in [0.3, 0.4) is 0 Å². The zero-order valence-electron chi connectivity index (χ0n) is 10.8. The number of rotatable bonds is 3. The molecule has 2 rings (SSSR count). The van der Waals surface area contributed by atoms with Crippen molar-refractivity contribution < 1.29 is 7.48 Å². The molecule has 1 unspecified atom stereocenters. The van der Waals surface area contributed by atoms with Crippen LogP contribution in [0.25, 0.3) is 0 Å². The Morgan fingerprint density at radius 2 is 2.19 bits per heavy atom. The molecule has 2 nitrogen and oxygen atoms in total. The molecular formula is C12H15Cl2NO. The number of benzene rings is 1. The molecule has 4 heteroatoms. The molecular weight excluding hydrogens is 245 g/mol. The molecule has 0 amide bonds. The fraction of sp³-hybridized carbons (Fsp3) is 0.500. The summed E-state index contributed by atoms with van der Waals surface area (Å²) in [6.07, 6.45) is -0.109. The van der Waals surface area contributed by atoms with Crippen LogP contribution < -0.4 is 0 Å².